The molecular formula is C10H18N4O. The Kier molecular flexibility index (Phi) is 4.30. The predicted octanol–water partition coefficient (Wildman–Crippen LogP) is 1.49. The van der Waals surface area contributed by atoms with Crippen LogP contribution >= 0.6 is 0 Å². The molecule has 84 valence electrons. The van der Waals surface area contributed by atoms with Gasteiger partial charge in [0, 0.05) is 13.1 Å². The van der Waals surface area contributed by atoms with E-state index in [0.717, 1.165) is 13.1 Å². The lowest BCUT2D eigenvalue weighted by molar-refractivity contribution is 0.355. The van der Waals surface area contributed by atoms with Gasteiger partial charge >= 0.3 is 0 Å². The second-order valence-corrected chi connectivity index (χ2v) is 3.24. The Bertz CT molecular complexity index is 306. The SMILES string of the molecule is C=CCC(N)c1nc(N(CC)CC)no1. The van der Waals surface area contributed by atoms with Crippen LogP contribution in [0.4, 0.5) is 5.95 Å². The fourth-order valence-corrected chi connectivity index (χ4v) is 1.29. The largest absolute Gasteiger partial charge is 0.339 e. The molecule has 1 heterocycles. The van der Waals surface area contributed by atoms with Gasteiger partial charge in [-0.2, -0.15) is 4.98 Å². The number of aromatic nitrogens is 2. The molecule has 5 nitrogen and oxygen atoms in total. The normalized spacial score (nSPS) is 12.5. The van der Waals surface area contributed by atoms with Gasteiger partial charge in [0.15, 0.2) is 0 Å². The quantitative estimate of drug-likeness (QED) is 0.720. The maximum atomic E-state index is 5.82. The molecule has 1 atom stereocenters. The third-order valence-electron chi connectivity index (χ3n) is 2.22. The van der Waals surface area contributed by atoms with Crippen molar-refractivity contribution in [3.8, 4) is 0 Å². The topological polar surface area (TPSA) is 68.2 Å². The molecule has 0 spiro atoms. The number of hydrogen-bond acceptors (Lipinski definition) is 5. The van der Waals surface area contributed by atoms with Crippen LogP contribution in [0.2, 0.25) is 0 Å². The molecular weight excluding hydrogens is 192 g/mol. The average Bonchev–Trinajstić information content (AvgIpc) is 2.69. The van der Waals surface area contributed by atoms with Crippen LogP contribution in [0.15, 0.2) is 17.2 Å². The van der Waals surface area contributed by atoms with Gasteiger partial charge in [0.25, 0.3) is 5.95 Å². The van der Waals surface area contributed by atoms with Gasteiger partial charge in [-0.3, -0.25) is 0 Å². The van der Waals surface area contributed by atoms with Crippen LogP contribution < -0.4 is 10.6 Å². The van der Waals surface area contributed by atoms with Crippen LogP contribution in [-0.2, 0) is 0 Å². The molecule has 0 saturated heterocycles. The van der Waals surface area contributed by atoms with E-state index in [-0.39, 0.29) is 6.04 Å². The summed E-state index contributed by atoms with van der Waals surface area (Å²) in [4.78, 5) is 6.25. The molecule has 0 saturated carbocycles. The lowest BCUT2D eigenvalue weighted by Gasteiger charge is -2.14. The molecule has 0 bridgehead atoms. The highest BCUT2D eigenvalue weighted by molar-refractivity contribution is 5.27. The van der Waals surface area contributed by atoms with E-state index in [1.165, 1.54) is 0 Å². The summed E-state index contributed by atoms with van der Waals surface area (Å²) in [6.07, 6.45) is 2.38. The number of anilines is 1. The summed E-state index contributed by atoms with van der Waals surface area (Å²) in [6.45, 7) is 9.42. The number of rotatable bonds is 6. The molecule has 2 N–H and O–H groups in total. The van der Waals surface area contributed by atoms with Crippen LogP contribution in [0.5, 0.6) is 0 Å². The van der Waals surface area contributed by atoms with Crippen molar-refractivity contribution in [2.24, 2.45) is 5.73 Å². The van der Waals surface area contributed by atoms with E-state index < -0.39 is 0 Å². The van der Waals surface area contributed by atoms with Gasteiger partial charge in [-0.15, -0.1) is 6.58 Å². The third-order valence-corrected chi connectivity index (χ3v) is 2.22. The fourth-order valence-electron chi connectivity index (χ4n) is 1.29. The van der Waals surface area contributed by atoms with Gasteiger partial charge in [-0.25, -0.2) is 0 Å². The van der Waals surface area contributed by atoms with Crippen molar-refractivity contribution in [2.45, 2.75) is 26.3 Å². The zero-order chi connectivity index (χ0) is 11.3. The maximum Gasteiger partial charge on any atom is 0.266 e. The molecule has 1 rings (SSSR count). The standard InChI is InChI=1S/C10H18N4O/c1-4-7-8(11)9-12-10(13-15-9)14(5-2)6-3/h4,8H,1,5-7,11H2,2-3H3. The maximum absolute atomic E-state index is 5.82. The van der Waals surface area contributed by atoms with Gasteiger partial charge in [-0.05, 0) is 25.4 Å². The molecule has 0 aromatic carbocycles. The van der Waals surface area contributed by atoms with Crippen LogP contribution in [0.1, 0.15) is 32.2 Å². The lowest BCUT2D eigenvalue weighted by Crippen LogP contribution is -2.23. The molecule has 5 heteroatoms. The Hall–Kier alpha value is -1.36. The molecule has 0 aliphatic rings. The second kappa shape index (κ2) is 5.50. The Balaban J connectivity index is 2.74. The van der Waals surface area contributed by atoms with Crippen molar-refractivity contribution in [3.05, 3.63) is 18.5 Å². The molecule has 0 aliphatic heterocycles. The first kappa shape index (κ1) is 11.7. The zero-order valence-electron chi connectivity index (χ0n) is 9.31. The van der Waals surface area contributed by atoms with E-state index in [2.05, 4.69) is 16.7 Å². The second-order valence-electron chi connectivity index (χ2n) is 3.24. The van der Waals surface area contributed by atoms with Gasteiger partial charge in [0.1, 0.15) is 0 Å². The molecule has 0 amide bonds. The van der Waals surface area contributed by atoms with Crippen molar-refractivity contribution in [3.63, 3.8) is 0 Å². The molecule has 1 aromatic rings. The Labute approximate surface area is 89.9 Å². The number of hydrogen-bond donors (Lipinski definition) is 1. The van der Waals surface area contributed by atoms with Crippen molar-refractivity contribution in [1.82, 2.24) is 10.1 Å². The van der Waals surface area contributed by atoms with Crippen molar-refractivity contribution < 1.29 is 4.52 Å². The first-order valence-electron chi connectivity index (χ1n) is 5.17. The summed E-state index contributed by atoms with van der Waals surface area (Å²) in [5, 5.41) is 3.89. The molecule has 0 fully saturated rings. The minimum Gasteiger partial charge on any atom is -0.339 e. The van der Waals surface area contributed by atoms with Crippen LogP contribution in [0.25, 0.3) is 0 Å². The highest BCUT2D eigenvalue weighted by Crippen LogP contribution is 2.15. The molecule has 0 aliphatic carbocycles. The minimum absolute atomic E-state index is 0.251. The minimum atomic E-state index is -0.251. The van der Waals surface area contributed by atoms with E-state index in [1.807, 2.05) is 18.7 Å². The fraction of sp³-hybridized carbons (Fsp3) is 0.600. The van der Waals surface area contributed by atoms with Gasteiger partial charge in [0.05, 0.1) is 6.04 Å². The van der Waals surface area contributed by atoms with Gasteiger partial charge in [-0.1, -0.05) is 6.08 Å². The first-order chi connectivity index (χ1) is 7.22. The summed E-state index contributed by atoms with van der Waals surface area (Å²) < 4.78 is 5.09. The third kappa shape index (κ3) is 2.79. The molecule has 1 aromatic heterocycles. The Morgan fingerprint density at radius 1 is 1.53 bits per heavy atom. The van der Waals surface area contributed by atoms with Gasteiger partial charge < -0.3 is 15.2 Å². The van der Waals surface area contributed by atoms with E-state index >= 15 is 0 Å². The van der Waals surface area contributed by atoms with Crippen molar-refractivity contribution in [1.29, 1.82) is 0 Å². The van der Waals surface area contributed by atoms with Crippen LogP contribution in [-0.4, -0.2) is 23.2 Å². The van der Waals surface area contributed by atoms with E-state index in [0.29, 0.717) is 18.3 Å². The Morgan fingerprint density at radius 3 is 2.73 bits per heavy atom. The molecule has 0 radical (unpaired) electrons. The van der Waals surface area contributed by atoms with Gasteiger partial charge in [0.2, 0.25) is 5.89 Å². The van der Waals surface area contributed by atoms with Crippen molar-refractivity contribution >= 4 is 5.95 Å². The highest BCUT2D eigenvalue weighted by Gasteiger charge is 2.15. The van der Waals surface area contributed by atoms with E-state index in [9.17, 15) is 0 Å². The monoisotopic (exact) mass is 210 g/mol. The smallest absolute Gasteiger partial charge is 0.266 e. The highest BCUT2D eigenvalue weighted by atomic mass is 16.5. The lowest BCUT2D eigenvalue weighted by atomic mass is 10.2. The van der Waals surface area contributed by atoms with Crippen molar-refractivity contribution in [2.75, 3.05) is 18.0 Å². The first-order valence-corrected chi connectivity index (χ1v) is 5.17. The summed E-state index contributed by atoms with van der Waals surface area (Å²) >= 11 is 0. The summed E-state index contributed by atoms with van der Waals surface area (Å²) in [6, 6.07) is -0.251. The average molecular weight is 210 g/mol. The zero-order valence-corrected chi connectivity index (χ0v) is 9.31. The molecule has 15 heavy (non-hydrogen) atoms. The van der Waals surface area contributed by atoms with Crippen LogP contribution in [0.3, 0.4) is 0 Å². The summed E-state index contributed by atoms with van der Waals surface area (Å²) in [7, 11) is 0. The summed E-state index contributed by atoms with van der Waals surface area (Å²) in [5.74, 6) is 1.08. The summed E-state index contributed by atoms with van der Waals surface area (Å²) in [5.41, 5.74) is 5.82. The number of nitrogens with two attached hydrogens (primary N) is 1. The number of nitrogens with zero attached hydrogens (tertiary/aromatic N) is 3. The molecule has 1 unspecified atom stereocenters. The predicted molar refractivity (Wildman–Crippen MR) is 59.6 cm³/mol. The van der Waals surface area contributed by atoms with E-state index in [4.69, 9.17) is 10.3 Å². The van der Waals surface area contributed by atoms with E-state index in [1.54, 1.807) is 6.08 Å². The van der Waals surface area contributed by atoms with Crippen LogP contribution in [0, 0.1) is 0 Å². The Morgan fingerprint density at radius 2 is 2.20 bits per heavy atom.